The van der Waals surface area contributed by atoms with E-state index < -0.39 is 5.76 Å². The topological polar surface area (TPSA) is 68.1 Å². The van der Waals surface area contributed by atoms with E-state index in [1.165, 1.54) is 0 Å². The van der Waals surface area contributed by atoms with Crippen LogP contribution in [0.5, 0.6) is 0 Å². The molecule has 1 N–H and O–H groups in total. The number of methoxy groups -OCH3 is 1. The lowest BCUT2D eigenvalue weighted by molar-refractivity contribution is 0.185. The molecule has 0 bridgehead atoms. The number of nitrogens with one attached hydrogen (secondary N) is 1. The van der Waals surface area contributed by atoms with Crippen molar-refractivity contribution in [3.05, 3.63) is 40.4 Å². The third-order valence-electron chi connectivity index (χ3n) is 1.95. The van der Waals surface area contributed by atoms with Gasteiger partial charge in [0.05, 0.1) is 6.61 Å². The van der Waals surface area contributed by atoms with Crippen LogP contribution in [0.1, 0.15) is 5.56 Å². The molecular weight excluding hydrogens is 196 g/mol. The zero-order chi connectivity index (χ0) is 10.7. The van der Waals surface area contributed by atoms with E-state index in [1.807, 2.05) is 24.3 Å². The third-order valence-corrected chi connectivity index (χ3v) is 1.95. The summed E-state index contributed by atoms with van der Waals surface area (Å²) in [7, 11) is 1.63. The number of H-pyrrole nitrogens is 1. The normalized spacial score (nSPS) is 10.5. The number of benzene rings is 1. The minimum Gasteiger partial charge on any atom is -0.380 e. The lowest BCUT2D eigenvalue weighted by Gasteiger charge is -2.00. The lowest BCUT2D eigenvalue weighted by Crippen LogP contribution is -1.95. The van der Waals surface area contributed by atoms with Crippen molar-refractivity contribution in [2.75, 3.05) is 7.11 Å². The molecule has 0 amide bonds. The van der Waals surface area contributed by atoms with E-state index in [0.717, 1.165) is 11.1 Å². The van der Waals surface area contributed by atoms with Crippen LogP contribution >= 0.6 is 0 Å². The van der Waals surface area contributed by atoms with E-state index in [4.69, 9.17) is 4.74 Å². The van der Waals surface area contributed by atoms with Gasteiger partial charge in [-0.25, -0.2) is 4.79 Å². The van der Waals surface area contributed by atoms with Crippen LogP contribution in [0.2, 0.25) is 0 Å². The second kappa shape index (κ2) is 4.10. The maximum Gasteiger partial charge on any atom is 0.439 e. The van der Waals surface area contributed by atoms with E-state index in [0.29, 0.717) is 12.4 Å². The largest absolute Gasteiger partial charge is 0.439 e. The fourth-order valence-corrected chi connectivity index (χ4v) is 1.33. The summed E-state index contributed by atoms with van der Waals surface area (Å²) in [6, 6.07) is 7.53. The maximum absolute atomic E-state index is 10.8. The molecule has 0 atom stereocenters. The van der Waals surface area contributed by atoms with Gasteiger partial charge in [0.15, 0.2) is 5.82 Å². The minimum atomic E-state index is -0.554. The minimum absolute atomic E-state index is 0.429. The van der Waals surface area contributed by atoms with E-state index in [1.54, 1.807) is 7.11 Å². The Morgan fingerprint density at radius 2 is 2.40 bits per heavy atom. The van der Waals surface area contributed by atoms with Crippen molar-refractivity contribution in [2.24, 2.45) is 0 Å². The summed E-state index contributed by atoms with van der Waals surface area (Å²) in [4.78, 5) is 13.3. The van der Waals surface area contributed by atoms with Crippen molar-refractivity contribution >= 4 is 0 Å². The highest BCUT2D eigenvalue weighted by Crippen LogP contribution is 2.15. The Hall–Kier alpha value is -1.88. The highest BCUT2D eigenvalue weighted by molar-refractivity contribution is 5.54. The SMILES string of the molecule is COCc1cccc(-c2noc(=O)[nH]2)c1. The van der Waals surface area contributed by atoms with Crippen molar-refractivity contribution in [3.63, 3.8) is 0 Å². The molecule has 0 fully saturated rings. The van der Waals surface area contributed by atoms with Gasteiger partial charge >= 0.3 is 5.76 Å². The lowest BCUT2D eigenvalue weighted by atomic mass is 10.1. The molecule has 5 nitrogen and oxygen atoms in total. The summed E-state index contributed by atoms with van der Waals surface area (Å²) in [6.45, 7) is 0.524. The molecule has 15 heavy (non-hydrogen) atoms. The molecule has 0 unspecified atom stereocenters. The molecule has 2 aromatic rings. The van der Waals surface area contributed by atoms with Crippen LogP contribution in [-0.2, 0) is 11.3 Å². The van der Waals surface area contributed by atoms with Crippen molar-refractivity contribution in [1.29, 1.82) is 0 Å². The predicted octanol–water partition coefficient (Wildman–Crippen LogP) is 1.18. The second-order valence-corrected chi connectivity index (χ2v) is 3.08. The number of rotatable bonds is 3. The third kappa shape index (κ3) is 2.13. The Morgan fingerprint density at radius 3 is 3.07 bits per heavy atom. The smallest absolute Gasteiger partial charge is 0.380 e. The maximum atomic E-state index is 10.8. The molecule has 0 aliphatic carbocycles. The Labute approximate surface area is 85.7 Å². The van der Waals surface area contributed by atoms with Crippen LogP contribution in [0.25, 0.3) is 11.4 Å². The Kier molecular flexibility index (Phi) is 2.64. The number of aromatic nitrogens is 2. The average molecular weight is 206 g/mol. The Bertz CT molecular complexity index is 501. The van der Waals surface area contributed by atoms with Crippen LogP contribution in [-0.4, -0.2) is 17.3 Å². The van der Waals surface area contributed by atoms with Gasteiger partial charge < -0.3 is 4.74 Å². The van der Waals surface area contributed by atoms with Crippen molar-refractivity contribution in [3.8, 4) is 11.4 Å². The summed E-state index contributed by atoms with van der Waals surface area (Å²) < 4.78 is 9.43. The molecule has 0 aliphatic heterocycles. The van der Waals surface area contributed by atoms with E-state index >= 15 is 0 Å². The monoisotopic (exact) mass is 206 g/mol. The second-order valence-electron chi connectivity index (χ2n) is 3.08. The predicted molar refractivity (Wildman–Crippen MR) is 53.3 cm³/mol. The standard InChI is InChI=1S/C10H10N2O3/c1-14-6-7-3-2-4-8(5-7)9-11-10(13)15-12-9/h2-5H,6H2,1H3,(H,11,12,13). The molecule has 0 radical (unpaired) electrons. The van der Waals surface area contributed by atoms with Gasteiger partial charge in [-0.1, -0.05) is 23.4 Å². The molecule has 0 aliphatic rings. The molecule has 0 spiro atoms. The molecule has 0 saturated heterocycles. The number of hydrogen-bond donors (Lipinski definition) is 1. The molecule has 5 heteroatoms. The van der Waals surface area contributed by atoms with Crippen LogP contribution in [0.15, 0.2) is 33.6 Å². The molecular formula is C10H10N2O3. The van der Waals surface area contributed by atoms with Crippen molar-refractivity contribution < 1.29 is 9.26 Å². The van der Waals surface area contributed by atoms with Crippen LogP contribution in [0.3, 0.4) is 0 Å². The Balaban J connectivity index is 2.36. The first-order valence-electron chi connectivity index (χ1n) is 4.44. The van der Waals surface area contributed by atoms with Gasteiger partial charge in [0.1, 0.15) is 0 Å². The van der Waals surface area contributed by atoms with Crippen LogP contribution in [0.4, 0.5) is 0 Å². The fraction of sp³-hybridized carbons (Fsp3) is 0.200. The van der Waals surface area contributed by atoms with Gasteiger partial charge in [0.25, 0.3) is 0 Å². The summed E-state index contributed by atoms with van der Waals surface area (Å²) in [5.74, 6) is -0.125. The molecule has 1 heterocycles. The fourth-order valence-electron chi connectivity index (χ4n) is 1.33. The van der Waals surface area contributed by atoms with E-state index in [2.05, 4.69) is 14.7 Å². The summed E-state index contributed by atoms with van der Waals surface area (Å²) in [5, 5.41) is 3.60. The van der Waals surface area contributed by atoms with E-state index in [9.17, 15) is 4.79 Å². The first kappa shape index (κ1) is 9.67. The summed E-state index contributed by atoms with van der Waals surface area (Å²) in [6.07, 6.45) is 0. The number of aromatic amines is 1. The zero-order valence-corrected chi connectivity index (χ0v) is 8.19. The molecule has 2 rings (SSSR count). The first-order valence-corrected chi connectivity index (χ1v) is 4.44. The quantitative estimate of drug-likeness (QED) is 0.818. The highest BCUT2D eigenvalue weighted by atomic mass is 16.5. The van der Waals surface area contributed by atoms with Gasteiger partial charge in [0, 0.05) is 12.7 Å². The summed E-state index contributed by atoms with van der Waals surface area (Å²) in [5.41, 5.74) is 1.81. The number of hydrogen-bond acceptors (Lipinski definition) is 4. The van der Waals surface area contributed by atoms with Gasteiger partial charge in [-0.2, -0.15) is 0 Å². The molecule has 1 aromatic heterocycles. The summed E-state index contributed by atoms with van der Waals surface area (Å²) >= 11 is 0. The van der Waals surface area contributed by atoms with Crippen molar-refractivity contribution in [1.82, 2.24) is 10.1 Å². The first-order chi connectivity index (χ1) is 7.29. The van der Waals surface area contributed by atoms with Gasteiger partial charge in [0.2, 0.25) is 0 Å². The molecule has 1 aromatic carbocycles. The number of nitrogens with zero attached hydrogens (tertiary/aromatic N) is 1. The Morgan fingerprint density at radius 1 is 1.53 bits per heavy atom. The van der Waals surface area contributed by atoms with Gasteiger partial charge in [-0.15, -0.1) is 0 Å². The van der Waals surface area contributed by atoms with Crippen molar-refractivity contribution in [2.45, 2.75) is 6.61 Å². The van der Waals surface area contributed by atoms with Crippen LogP contribution < -0.4 is 5.76 Å². The molecule has 0 saturated carbocycles. The average Bonchev–Trinajstić information content (AvgIpc) is 2.66. The van der Waals surface area contributed by atoms with E-state index in [-0.39, 0.29) is 0 Å². The zero-order valence-electron chi connectivity index (χ0n) is 8.19. The highest BCUT2D eigenvalue weighted by Gasteiger charge is 2.04. The van der Waals surface area contributed by atoms with Crippen LogP contribution in [0, 0.1) is 0 Å². The number of ether oxygens (including phenoxy) is 1. The van der Waals surface area contributed by atoms with Gasteiger partial charge in [-0.05, 0) is 11.6 Å². The van der Waals surface area contributed by atoms with Gasteiger partial charge in [-0.3, -0.25) is 9.51 Å². The molecule has 78 valence electrons.